The predicted octanol–water partition coefficient (Wildman–Crippen LogP) is 2.34. The Hall–Kier alpha value is -3.06. The Morgan fingerprint density at radius 1 is 1.23 bits per heavy atom. The molecule has 30 heavy (non-hydrogen) atoms. The van der Waals surface area contributed by atoms with Crippen LogP contribution in [0.2, 0.25) is 0 Å². The first-order valence-corrected chi connectivity index (χ1v) is 10.6. The number of ether oxygens (including phenoxy) is 2. The number of aryl methyl sites for hydroxylation is 1. The summed E-state index contributed by atoms with van der Waals surface area (Å²) in [6, 6.07) is 5.51. The van der Waals surface area contributed by atoms with Gasteiger partial charge in [-0.05, 0) is 32.6 Å². The summed E-state index contributed by atoms with van der Waals surface area (Å²) in [5, 5.41) is 22.8. The lowest BCUT2D eigenvalue weighted by Gasteiger charge is -2.39. The van der Waals surface area contributed by atoms with Gasteiger partial charge >= 0.3 is 0 Å². The van der Waals surface area contributed by atoms with E-state index < -0.39 is 0 Å². The Kier molecular flexibility index (Phi) is 5.04. The van der Waals surface area contributed by atoms with E-state index in [-0.39, 0.29) is 0 Å². The molecule has 0 spiro atoms. The maximum absolute atomic E-state index is 8.94. The molecule has 2 bridgehead atoms. The van der Waals surface area contributed by atoms with Crippen molar-refractivity contribution in [3.8, 4) is 17.7 Å². The van der Waals surface area contributed by atoms with Crippen LogP contribution in [0.25, 0.3) is 0 Å². The number of nitrogens with zero attached hydrogens (tertiary/aromatic N) is 5. The van der Waals surface area contributed by atoms with Crippen molar-refractivity contribution in [1.82, 2.24) is 25.1 Å². The Balaban J connectivity index is 1.35. The Morgan fingerprint density at radius 2 is 2.03 bits per heavy atom. The van der Waals surface area contributed by atoms with Gasteiger partial charge < -0.3 is 20.1 Å². The second kappa shape index (κ2) is 7.99. The number of H-pyrrole nitrogens is 1. The van der Waals surface area contributed by atoms with Gasteiger partial charge in [0.05, 0.1) is 6.07 Å². The summed E-state index contributed by atoms with van der Waals surface area (Å²) in [5.41, 5.74) is 0.951. The predicted molar refractivity (Wildman–Crippen MR) is 110 cm³/mol. The monoisotopic (exact) mass is 410 g/mol. The van der Waals surface area contributed by atoms with E-state index in [0.29, 0.717) is 67.0 Å². The number of aromatic nitrogens is 4. The average molecular weight is 410 g/mol. The number of hydrogen-bond acceptors (Lipinski definition) is 9. The van der Waals surface area contributed by atoms with Crippen LogP contribution in [0.15, 0.2) is 6.07 Å². The Bertz CT molecular complexity index is 941. The van der Waals surface area contributed by atoms with Gasteiger partial charge in [0.2, 0.25) is 11.7 Å². The van der Waals surface area contributed by atoms with Crippen molar-refractivity contribution >= 4 is 17.6 Å². The van der Waals surface area contributed by atoms with Crippen molar-refractivity contribution < 1.29 is 9.47 Å². The van der Waals surface area contributed by atoms with E-state index in [1.165, 1.54) is 12.8 Å². The van der Waals surface area contributed by atoms with Gasteiger partial charge in [-0.1, -0.05) is 0 Å². The third kappa shape index (κ3) is 3.73. The third-order valence-electron chi connectivity index (χ3n) is 6.06. The van der Waals surface area contributed by atoms with Gasteiger partial charge in [0.25, 0.3) is 5.88 Å². The number of fused-ring (bicyclic) bond motifs is 3. The minimum absolute atomic E-state index is 0.297. The molecule has 0 aliphatic carbocycles. The summed E-state index contributed by atoms with van der Waals surface area (Å²) in [4.78, 5) is 11.6. The lowest BCUT2D eigenvalue weighted by molar-refractivity contribution is 0.135. The van der Waals surface area contributed by atoms with E-state index in [1.807, 2.05) is 13.0 Å². The van der Waals surface area contributed by atoms with E-state index >= 15 is 0 Å². The fraction of sp³-hybridized carbons (Fsp3) is 0.600. The van der Waals surface area contributed by atoms with E-state index in [4.69, 9.17) is 14.7 Å². The fourth-order valence-corrected chi connectivity index (χ4v) is 4.82. The molecule has 3 atom stereocenters. The highest BCUT2D eigenvalue weighted by molar-refractivity contribution is 5.62. The van der Waals surface area contributed by atoms with Gasteiger partial charge in [-0.3, -0.25) is 10.00 Å². The molecule has 2 aromatic rings. The Morgan fingerprint density at radius 3 is 2.77 bits per heavy atom. The maximum atomic E-state index is 8.94. The number of aromatic amines is 1. The molecule has 10 heteroatoms. The molecule has 2 aromatic heterocycles. The zero-order valence-electron chi connectivity index (χ0n) is 17.0. The van der Waals surface area contributed by atoms with Crippen LogP contribution in [0, 0.1) is 18.3 Å². The smallest absolute Gasteiger partial charge is 0.264 e. The minimum Gasteiger partial charge on any atom is -0.482 e. The normalized spacial score (nSPS) is 25.0. The van der Waals surface area contributed by atoms with Crippen LogP contribution < -0.4 is 20.1 Å². The highest BCUT2D eigenvalue weighted by Crippen LogP contribution is 2.40. The third-order valence-corrected chi connectivity index (χ3v) is 6.06. The first-order valence-electron chi connectivity index (χ1n) is 10.6. The molecular weight excluding hydrogens is 384 g/mol. The summed E-state index contributed by atoms with van der Waals surface area (Å²) in [7, 11) is 0. The van der Waals surface area contributed by atoms with Gasteiger partial charge in [0.1, 0.15) is 13.2 Å². The molecule has 0 aromatic carbocycles. The summed E-state index contributed by atoms with van der Waals surface area (Å²) in [5.74, 6) is 2.75. The van der Waals surface area contributed by atoms with Gasteiger partial charge in [0, 0.05) is 42.9 Å². The van der Waals surface area contributed by atoms with Crippen LogP contribution in [-0.2, 0) is 0 Å². The largest absolute Gasteiger partial charge is 0.482 e. The number of piperidine rings is 1. The van der Waals surface area contributed by atoms with E-state index in [2.05, 4.69) is 41.8 Å². The van der Waals surface area contributed by atoms with E-state index in [1.54, 1.807) is 0 Å². The second-order valence-electron chi connectivity index (χ2n) is 8.13. The van der Waals surface area contributed by atoms with Gasteiger partial charge in [-0.2, -0.15) is 20.3 Å². The molecule has 3 aliphatic rings. The molecule has 2 saturated heterocycles. The SMILES string of the molecule is Cc1cc(Nc2nc(NC3CC4CC[C@@H](C3)N4CCC#N)c3c(n2)OCCO3)n[nH]1. The molecule has 0 radical (unpaired) electrons. The second-order valence-corrected chi connectivity index (χ2v) is 8.13. The van der Waals surface area contributed by atoms with Crippen molar-refractivity contribution in [2.75, 3.05) is 30.4 Å². The average Bonchev–Trinajstić information content (AvgIpc) is 3.25. The summed E-state index contributed by atoms with van der Waals surface area (Å²) in [6.07, 6.45) is 5.05. The molecule has 0 saturated carbocycles. The summed E-state index contributed by atoms with van der Waals surface area (Å²) < 4.78 is 11.6. The number of nitrogens with one attached hydrogen (secondary N) is 3. The van der Waals surface area contributed by atoms with Gasteiger partial charge in [0.15, 0.2) is 11.6 Å². The number of nitriles is 1. The lowest BCUT2D eigenvalue weighted by Crippen LogP contribution is -2.47. The highest BCUT2D eigenvalue weighted by atomic mass is 16.6. The minimum atomic E-state index is 0.297. The molecule has 2 unspecified atom stereocenters. The van der Waals surface area contributed by atoms with Crippen LogP contribution >= 0.6 is 0 Å². The molecule has 5 heterocycles. The first kappa shape index (κ1) is 18.9. The van der Waals surface area contributed by atoms with Crippen molar-refractivity contribution in [3.05, 3.63) is 11.8 Å². The molecule has 2 fully saturated rings. The topological polar surface area (TPSA) is 124 Å². The van der Waals surface area contributed by atoms with Crippen molar-refractivity contribution in [2.45, 2.75) is 57.2 Å². The zero-order valence-corrected chi connectivity index (χ0v) is 17.0. The first-order chi connectivity index (χ1) is 14.7. The van der Waals surface area contributed by atoms with Crippen LogP contribution in [0.5, 0.6) is 11.6 Å². The highest BCUT2D eigenvalue weighted by Gasteiger charge is 2.40. The molecule has 3 N–H and O–H groups in total. The maximum Gasteiger partial charge on any atom is 0.264 e. The lowest BCUT2D eigenvalue weighted by atomic mass is 9.97. The van der Waals surface area contributed by atoms with Gasteiger partial charge in [-0.15, -0.1) is 0 Å². The number of hydrogen-bond donors (Lipinski definition) is 3. The standard InChI is InChI=1S/C20H26N8O2/c1-12-9-16(27-26-12)23-20-24-18(17-19(25-20)30-8-7-29-17)22-13-10-14-3-4-15(11-13)28(14)6-2-5-21/h9,13-15H,2-4,6-8,10-11H2,1H3,(H3,22,23,24,25,26,27)/t13?,14-,15?/m0/s1. The van der Waals surface area contributed by atoms with Crippen LogP contribution in [0.4, 0.5) is 17.6 Å². The number of rotatable bonds is 6. The van der Waals surface area contributed by atoms with Crippen LogP contribution in [0.1, 0.15) is 37.8 Å². The number of anilines is 3. The summed E-state index contributed by atoms with van der Waals surface area (Å²) >= 11 is 0. The van der Waals surface area contributed by atoms with E-state index in [9.17, 15) is 0 Å². The molecule has 5 rings (SSSR count). The molecule has 158 valence electrons. The fourth-order valence-electron chi connectivity index (χ4n) is 4.82. The van der Waals surface area contributed by atoms with Gasteiger partial charge in [-0.25, -0.2) is 0 Å². The summed E-state index contributed by atoms with van der Waals surface area (Å²) in [6.45, 7) is 3.75. The Labute approximate surface area is 175 Å². The molecular formula is C20H26N8O2. The van der Waals surface area contributed by atoms with E-state index in [0.717, 1.165) is 25.1 Å². The van der Waals surface area contributed by atoms with Crippen molar-refractivity contribution in [1.29, 1.82) is 5.26 Å². The quantitative estimate of drug-likeness (QED) is 0.658. The molecule has 3 aliphatic heterocycles. The van der Waals surface area contributed by atoms with Crippen molar-refractivity contribution in [2.24, 2.45) is 0 Å². The zero-order chi connectivity index (χ0) is 20.5. The van der Waals surface area contributed by atoms with Crippen LogP contribution in [0.3, 0.4) is 0 Å². The molecule has 0 amide bonds. The van der Waals surface area contributed by atoms with Crippen LogP contribution in [-0.4, -0.2) is 62.9 Å². The van der Waals surface area contributed by atoms with Crippen molar-refractivity contribution in [3.63, 3.8) is 0 Å². The molecule has 10 nitrogen and oxygen atoms in total.